The summed E-state index contributed by atoms with van der Waals surface area (Å²) in [5, 5.41) is 2.76. The third-order valence-electron chi connectivity index (χ3n) is 5.54. The smallest absolute Gasteiger partial charge is 0.270 e. The van der Waals surface area contributed by atoms with Crippen molar-refractivity contribution in [3.8, 4) is 5.69 Å². The lowest BCUT2D eigenvalue weighted by Crippen LogP contribution is -2.54. The molecule has 1 N–H and O–H groups in total. The fraction of sp³-hybridized carbons (Fsp3) is 0.160. The molecular formula is C25H22BrN3O2S. The largest absolute Gasteiger partial charge is 0.318 e. The van der Waals surface area contributed by atoms with Gasteiger partial charge in [-0.1, -0.05) is 34.1 Å². The Kier molecular flexibility index (Phi) is 5.88. The van der Waals surface area contributed by atoms with E-state index in [4.69, 9.17) is 12.2 Å². The van der Waals surface area contributed by atoms with E-state index in [2.05, 4.69) is 25.8 Å². The number of hydrogen-bond acceptors (Lipinski definition) is 3. The molecule has 7 heteroatoms. The summed E-state index contributed by atoms with van der Waals surface area (Å²) in [7, 11) is 0. The van der Waals surface area contributed by atoms with Gasteiger partial charge in [-0.3, -0.25) is 19.8 Å². The van der Waals surface area contributed by atoms with Gasteiger partial charge in [0.2, 0.25) is 0 Å². The van der Waals surface area contributed by atoms with E-state index in [-0.39, 0.29) is 10.7 Å². The van der Waals surface area contributed by atoms with Crippen molar-refractivity contribution in [1.29, 1.82) is 0 Å². The molecule has 0 spiro atoms. The van der Waals surface area contributed by atoms with Crippen molar-refractivity contribution < 1.29 is 9.59 Å². The molecule has 1 aliphatic rings. The fourth-order valence-electron chi connectivity index (χ4n) is 3.94. The van der Waals surface area contributed by atoms with Crippen LogP contribution in [-0.4, -0.2) is 21.5 Å². The summed E-state index contributed by atoms with van der Waals surface area (Å²) in [5.74, 6) is -0.923. The molecule has 1 aromatic heterocycles. The van der Waals surface area contributed by atoms with E-state index in [9.17, 15) is 9.59 Å². The van der Waals surface area contributed by atoms with E-state index < -0.39 is 11.8 Å². The van der Waals surface area contributed by atoms with Gasteiger partial charge in [0, 0.05) is 21.5 Å². The molecule has 4 rings (SSSR count). The van der Waals surface area contributed by atoms with E-state index in [0.29, 0.717) is 5.69 Å². The van der Waals surface area contributed by atoms with Gasteiger partial charge in [-0.05, 0) is 93.0 Å². The fourth-order valence-corrected chi connectivity index (χ4v) is 4.60. The van der Waals surface area contributed by atoms with Gasteiger partial charge in [0.15, 0.2) is 5.11 Å². The first-order valence-electron chi connectivity index (χ1n) is 10.1. The van der Waals surface area contributed by atoms with E-state index in [1.54, 1.807) is 6.08 Å². The molecule has 0 saturated carbocycles. The van der Waals surface area contributed by atoms with Crippen molar-refractivity contribution in [3.63, 3.8) is 0 Å². The van der Waals surface area contributed by atoms with E-state index in [0.717, 1.165) is 38.2 Å². The summed E-state index contributed by atoms with van der Waals surface area (Å²) in [5.41, 5.74) is 6.35. The van der Waals surface area contributed by atoms with E-state index >= 15 is 0 Å². The molecule has 2 aromatic carbocycles. The maximum absolute atomic E-state index is 13.4. The first-order chi connectivity index (χ1) is 15.2. The van der Waals surface area contributed by atoms with Gasteiger partial charge >= 0.3 is 0 Å². The Morgan fingerprint density at radius 3 is 2.47 bits per heavy atom. The van der Waals surface area contributed by atoms with Crippen LogP contribution in [0.25, 0.3) is 11.8 Å². The molecule has 0 bridgehead atoms. The highest BCUT2D eigenvalue weighted by molar-refractivity contribution is 9.10. The van der Waals surface area contributed by atoms with Crippen molar-refractivity contribution in [2.24, 2.45) is 0 Å². The molecule has 32 heavy (non-hydrogen) atoms. The van der Waals surface area contributed by atoms with Crippen LogP contribution in [0.15, 0.2) is 58.6 Å². The molecule has 0 atom stereocenters. The van der Waals surface area contributed by atoms with Crippen LogP contribution in [0, 0.1) is 27.7 Å². The van der Waals surface area contributed by atoms with Crippen molar-refractivity contribution in [1.82, 2.24) is 9.88 Å². The topological polar surface area (TPSA) is 54.3 Å². The number of aryl methyl sites for hydroxylation is 3. The number of rotatable bonds is 3. The minimum absolute atomic E-state index is 0.0500. The molecule has 0 unspecified atom stereocenters. The quantitative estimate of drug-likeness (QED) is 0.297. The zero-order chi connectivity index (χ0) is 23.2. The Balaban J connectivity index is 1.79. The molecule has 5 nitrogen and oxygen atoms in total. The molecule has 0 radical (unpaired) electrons. The van der Waals surface area contributed by atoms with Crippen molar-refractivity contribution in [3.05, 3.63) is 86.7 Å². The van der Waals surface area contributed by atoms with Crippen molar-refractivity contribution in [2.75, 3.05) is 4.90 Å². The highest BCUT2D eigenvalue weighted by atomic mass is 79.9. The average molecular weight is 508 g/mol. The van der Waals surface area contributed by atoms with Crippen LogP contribution in [0.4, 0.5) is 5.69 Å². The number of nitrogens with zero attached hydrogens (tertiary/aromatic N) is 2. The second kappa shape index (κ2) is 8.48. The van der Waals surface area contributed by atoms with Gasteiger partial charge < -0.3 is 4.57 Å². The summed E-state index contributed by atoms with van der Waals surface area (Å²) in [6.07, 6.45) is 1.65. The van der Waals surface area contributed by atoms with Crippen LogP contribution in [0.2, 0.25) is 0 Å². The molecule has 1 fully saturated rings. The maximum atomic E-state index is 13.4. The highest BCUT2D eigenvalue weighted by Crippen LogP contribution is 2.28. The third kappa shape index (κ3) is 3.94. The number of benzene rings is 2. The summed E-state index contributed by atoms with van der Waals surface area (Å²) in [4.78, 5) is 27.6. The summed E-state index contributed by atoms with van der Waals surface area (Å²) in [6, 6.07) is 15.8. The van der Waals surface area contributed by atoms with Crippen molar-refractivity contribution in [2.45, 2.75) is 27.7 Å². The average Bonchev–Trinajstić information content (AvgIpc) is 3.00. The molecule has 3 aromatic rings. The normalized spacial score (nSPS) is 15.5. The van der Waals surface area contributed by atoms with Crippen LogP contribution in [-0.2, 0) is 9.59 Å². The lowest BCUT2D eigenvalue weighted by molar-refractivity contribution is -0.122. The van der Waals surface area contributed by atoms with Gasteiger partial charge in [0.25, 0.3) is 11.8 Å². The predicted octanol–water partition coefficient (Wildman–Crippen LogP) is 5.30. The number of thiocarbonyl (C=S) groups is 1. The Morgan fingerprint density at radius 2 is 1.75 bits per heavy atom. The van der Waals surface area contributed by atoms with Crippen LogP contribution in [0.3, 0.4) is 0 Å². The molecule has 2 amide bonds. The second-order valence-corrected chi connectivity index (χ2v) is 9.19. The number of carbonyl (C=O) groups is 2. The summed E-state index contributed by atoms with van der Waals surface area (Å²) < 4.78 is 3.07. The Hall–Kier alpha value is -3.03. The lowest BCUT2D eigenvalue weighted by Gasteiger charge is -2.30. The Morgan fingerprint density at radius 1 is 1.00 bits per heavy atom. The molecule has 1 saturated heterocycles. The van der Waals surface area contributed by atoms with Gasteiger partial charge in [0.05, 0.1) is 5.69 Å². The highest BCUT2D eigenvalue weighted by Gasteiger charge is 2.35. The van der Waals surface area contributed by atoms with Crippen LogP contribution in [0.1, 0.15) is 28.1 Å². The minimum Gasteiger partial charge on any atom is -0.318 e. The predicted molar refractivity (Wildman–Crippen MR) is 135 cm³/mol. The second-order valence-electron chi connectivity index (χ2n) is 7.89. The van der Waals surface area contributed by atoms with Crippen LogP contribution >= 0.6 is 28.1 Å². The van der Waals surface area contributed by atoms with E-state index in [1.165, 1.54) is 4.90 Å². The molecule has 0 aliphatic carbocycles. The van der Waals surface area contributed by atoms with Gasteiger partial charge in [0.1, 0.15) is 5.57 Å². The third-order valence-corrected chi connectivity index (χ3v) is 6.32. The Bertz CT molecular complexity index is 1320. The molecule has 1 aliphatic heterocycles. The summed E-state index contributed by atoms with van der Waals surface area (Å²) in [6.45, 7) is 7.83. The van der Waals surface area contributed by atoms with Crippen LogP contribution < -0.4 is 10.2 Å². The Labute approximate surface area is 200 Å². The van der Waals surface area contributed by atoms with Gasteiger partial charge in [-0.25, -0.2) is 0 Å². The van der Waals surface area contributed by atoms with Crippen molar-refractivity contribution >= 4 is 56.8 Å². The number of carbonyl (C=O) groups excluding carboxylic acids is 2. The van der Waals surface area contributed by atoms with Gasteiger partial charge in [-0.2, -0.15) is 0 Å². The molecule has 162 valence electrons. The van der Waals surface area contributed by atoms with Crippen LogP contribution in [0.5, 0.6) is 0 Å². The number of nitrogens with one attached hydrogen (secondary N) is 1. The number of aromatic nitrogens is 1. The maximum Gasteiger partial charge on any atom is 0.270 e. The SMILES string of the molecule is Cc1ccc(C)c(N2C(=O)/C(=C/c3cc(C)n(-c4cccc(Br)c4)c3C)C(=O)NC2=S)c1. The lowest BCUT2D eigenvalue weighted by atomic mass is 10.0. The number of anilines is 1. The minimum atomic E-state index is -0.492. The number of hydrogen-bond donors (Lipinski definition) is 1. The molecule has 2 heterocycles. The number of amides is 2. The van der Waals surface area contributed by atoms with E-state index in [1.807, 2.05) is 76.2 Å². The first-order valence-corrected chi connectivity index (χ1v) is 11.3. The van der Waals surface area contributed by atoms with Gasteiger partial charge in [-0.15, -0.1) is 0 Å². The zero-order valence-electron chi connectivity index (χ0n) is 18.2. The monoisotopic (exact) mass is 507 g/mol. The first kappa shape index (κ1) is 22.2. The molecular weight excluding hydrogens is 486 g/mol. The summed E-state index contributed by atoms with van der Waals surface area (Å²) >= 11 is 8.86. The zero-order valence-corrected chi connectivity index (χ0v) is 20.6. The standard InChI is InChI=1S/C25H22BrN3O2S/c1-14-8-9-15(2)22(10-14)29-24(31)21(23(30)27-25(29)32)12-18-11-16(3)28(17(18)4)20-7-5-6-19(26)13-20/h5-13H,1-4H3,(H,27,30,32)/b21-12+. The number of halogens is 1.